The van der Waals surface area contributed by atoms with Gasteiger partial charge in [0.2, 0.25) is 0 Å². The van der Waals surface area contributed by atoms with E-state index in [1.54, 1.807) is 13.8 Å². The maximum Gasteiger partial charge on any atom is 0.330 e. The lowest BCUT2D eigenvalue weighted by Gasteiger charge is -2.39. The van der Waals surface area contributed by atoms with Gasteiger partial charge >= 0.3 is 18.1 Å². The van der Waals surface area contributed by atoms with Gasteiger partial charge in [0.15, 0.2) is 28.7 Å². The van der Waals surface area contributed by atoms with Crippen molar-refractivity contribution in [3.8, 4) is 0 Å². The third-order valence-corrected chi connectivity index (χ3v) is 26.5. The van der Waals surface area contributed by atoms with Crippen LogP contribution in [0.25, 0.3) is 0 Å². The summed E-state index contributed by atoms with van der Waals surface area (Å²) in [5.41, 5.74) is -1.51. The van der Waals surface area contributed by atoms with Crippen molar-refractivity contribution < 1.29 is 46.1 Å². The Balaban J connectivity index is 1.26. The predicted molar refractivity (Wildman–Crippen MR) is 268 cm³/mol. The molecule has 19 nitrogen and oxygen atoms in total. The van der Waals surface area contributed by atoms with Crippen LogP contribution in [0.5, 0.6) is 0 Å². The highest BCUT2D eigenvalue weighted by atomic mass is 32.5. The number of rotatable bonds is 17. The van der Waals surface area contributed by atoms with Crippen LogP contribution < -0.4 is 27.8 Å². The quantitative estimate of drug-likeness (QED) is 0.114. The van der Waals surface area contributed by atoms with Gasteiger partial charge in [0, 0.05) is 61.8 Å². The Morgan fingerprint density at radius 3 is 1.84 bits per heavy atom. The number of nitrogens with zero attached hydrogens (tertiary/aromatic N) is 2. The summed E-state index contributed by atoms with van der Waals surface area (Å²) in [6, 6.07) is 0.120. The van der Waals surface area contributed by atoms with Crippen LogP contribution in [0.4, 0.5) is 0 Å². The van der Waals surface area contributed by atoms with E-state index >= 15 is 0 Å². The average Bonchev–Trinajstić information content (AvgIpc) is 3.99. The molecule has 1 aliphatic carbocycles. The van der Waals surface area contributed by atoms with Crippen molar-refractivity contribution in [3.05, 3.63) is 65.2 Å². The minimum atomic E-state index is -3.98. The molecule has 2 aromatic heterocycles. The van der Waals surface area contributed by atoms with Crippen LogP contribution in [-0.2, 0) is 57.9 Å². The molecule has 69 heavy (non-hydrogen) atoms. The first-order valence-electron chi connectivity index (χ1n) is 24.6. The van der Waals surface area contributed by atoms with E-state index < -0.39 is 113 Å². The molecule has 23 heteroatoms. The van der Waals surface area contributed by atoms with Crippen LogP contribution in [-0.4, -0.2) is 116 Å². The Hall–Kier alpha value is -2.00. The van der Waals surface area contributed by atoms with Gasteiger partial charge in [-0.15, -0.1) is 0 Å². The third-order valence-electron chi connectivity index (χ3n) is 15.1. The van der Waals surface area contributed by atoms with E-state index in [4.69, 9.17) is 57.9 Å². The zero-order valence-corrected chi connectivity index (χ0v) is 46.8. The smallest absolute Gasteiger partial charge is 0.330 e. The third kappa shape index (κ3) is 12.3. The summed E-state index contributed by atoms with van der Waals surface area (Å²) in [5.74, 6) is -0.810. The van der Waals surface area contributed by atoms with Gasteiger partial charge in [-0.25, -0.2) is 9.59 Å². The van der Waals surface area contributed by atoms with Crippen LogP contribution in [0.3, 0.4) is 0 Å². The molecule has 11 atom stereocenters. The fraction of sp³-hybridized carbons (Fsp3) is 0.826. The summed E-state index contributed by atoms with van der Waals surface area (Å²) in [5, 5.41) is 3.18. The lowest BCUT2D eigenvalue weighted by atomic mass is 9.94. The first-order valence-corrected chi connectivity index (χ1v) is 33.0. The average molecular weight is 1040 g/mol. The Morgan fingerprint density at radius 1 is 0.768 bits per heavy atom. The van der Waals surface area contributed by atoms with Gasteiger partial charge in [0.05, 0.1) is 25.4 Å². The van der Waals surface area contributed by atoms with Crippen molar-refractivity contribution in [3.63, 3.8) is 0 Å². The van der Waals surface area contributed by atoms with Gasteiger partial charge in [0.25, 0.3) is 11.1 Å². The molecule has 4 saturated heterocycles. The largest absolute Gasteiger partial charge is 0.414 e. The number of nitrogens with one attached hydrogen (secondary N) is 3. The molecule has 1 spiro atoms. The molecule has 2 aromatic rings. The Labute approximate surface area is 412 Å². The molecule has 1 unspecified atom stereocenters. The second-order valence-electron chi connectivity index (χ2n) is 22.9. The summed E-state index contributed by atoms with van der Waals surface area (Å²) >= 11 is 6.56. The van der Waals surface area contributed by atoms with Gasteiger partial charge < -0.3 is 46.9 Å². The van der Waals surface area contributed by atoms with E-state index in [0.29, 0.717) is 17.7 Å². The lowest BCUT2D eigenvalue weighted by molar-refractivity contribution is -0.244. The van der Waals surface area contributed by atoms with E-state index in [2.05, 4.69) is 83.0 Å². The topological polar surface area (TPSA) is 214 Å². The van der Waals surface area contributed by atoms with Gasteiger partial charge in [0.1, 0.15) is 43.0 Å². The summed E-state index contributed by atoms with van der Waals surface area (Å²) in [4.78, 5) is 56.3. The first-order chi connectivity index (χ1) is 32.0. The highest BCUT2D eigenvalue weighted by Gasteiger charge is 2.60. The highest BCUT2D eigenvalue weighted by molar-refractivity contribution is 8.07. The molecular formula is C46H78N5O14PSSi2. The predicted octanol–water partition coefficient (Wildman–Crippen LogP) is 6.50. The monoisotopic (exact) mass is 1040 g/mol. The maximum atomic E-state index is 13.4. The van der Waals surface area contributed by atoms with Crippen LogP contribution in [0, 0.1) is 13.8 Å². The van der Waals surface area contributed by atoms with Crippen LogP contribution in [0.15, 0.2) is 31.6 Å². The molecule has 6 heterocycles. The van der Waals surface area contributed by atoms with Crippen molar-refractivity contribution in [2.24, 2.45) is 0 Å². The molecule has 0 radical (unpaired) electrons. The molecule has 390 valence electrons. The minimum Gasteiger partial charge on any atom is -0.414 e. The van der Waals surface area contributed by atoms with Crippen molar-refractivity contribution in [1.29, 1.82) is 0 Å². The lowest BCUT2D eigenvalue weighted by Crippen LogP contribution is -2.46. The van der Waals surface area contributed by atoms with Gasteiger partial charge in [-0.3, -0.25) is 33.2 Å². The van der Waals surface area contributed by atoms with Crippen molar-refractivity contribution in [1.82, 2.24) is 24.4 Å². The molecule has 5 aliphatic rings. The first kappa shape index (κ1) is 54.8. The van der Waals surface area contributed by atoms with Crippen LogP contribution in [0.1, 0.15) is 124 Å². The molecule has 0 bridgehead atoms. The molecule has 5 fully saturated rings. The van der Waals surface area contributed by atoms with Crippen molar-refractivity contribution in [2.75, 3.05) is 19.8 Å². The van der Waals surface area contributed by atoms with Crippen LogP contribution in [0.2, 0.25) is 36.3 Å². The Kier molecular flexibility index (Phi) is 16.5. The number of ether oxygens (including phenoxy) is 5. The van der Waals surface area contributed by atoms with E-state index in [9.17, 15) is 19.2 Å². The summed E-state index contributed by atoms with van der Waals surface area (Å²) in [6.07, 6.45) is 0.474. The molecule has 3 N–H and O–H groups in total. The SMILES string of the molecule is Cc1cn([C@H]2C[C@H](O[Si](C)(C)C(C)(C)C)[C@@H](COP(=S)(O[C@@H]3[C@H]4OC5(CCCCC5)O[C@H]4O[C@@H]3CNC(C)C)O[C@H]3C[C@H](n4cc(C)c(=O)[nH]c4=O)O[C@@H]3CO[Si](C)(C)C(C)(C)C)O2)c(=O)[nH]c1=O. The van der Waals surface area contributed by atoms with Gasteiger partial charge in [-0.2, -0.15) is 0 Å². The van der Waals surface area contributed by atoms with E-state index in [1.165, 1.54) is 21.5 Å². The van der Waals surface area contributed by atoms with Gasteiger partial charge in [-0.1, -0.05) is 61.8 Å². The fourth-order valence-electron chi connectivity index (χ4n) is 8.87. The number of aromatic nitrogens is 4. The number of H-pyrrole nitrogens is 2. The molecule has 7 rings (SSSR count). The van der Waals surface area contributed by atoms with E-state index in [1.807, 2.05) is 13.8 Å². The van der Waals surface area contributed by atoms with E-state index in [0.717, 1.165) is 32.1 Å². The summed E-state index contributed by atoms with van der Waals surface area (Å²) in [6.45, 7) is 25.2. The molecule has 4 aliphatic heterocycles. The van der Waals surface area contributed by atoms with Crippen molar-refractivity contribution >= 4 is 35.2 Å². The Morgan fingerprint density at radius 2 is 1.30 bits per heavy atom. The second-order valence-corrected chi connectivity index (χ2v) is 35.4. The number of fused-ring (bicyclic) bond motifs is 1. The number of hydrogen-bond acceptors (Lipinski definition) is 16. The number of aryl methyl sites for hydroxylation is 2. The highest BCUT2D eigenvalue weighted by Crippen LogP contribution is 2.58. The number of aromatic amines is 2. The minimum absolute atomic E-state index is 0.116. The van der Waals surface area contributed by atoms with E-state index in [-0.39, 0.29) is 42.2 Å². The fourth-order valence-corrected chi connectivity index (χ4v) is 13.7. The van der Waals surface area contributed by atoms with Crippen molar-refractivity contribution in [2.45, 2.75) is 224 Å². The summed E-state index contributed by atoms with van der Waals surface area (Å²) < 4.78 is 71.1. The molecule has 0 amide bonds. The molecule has 1 saturated carbocycles. The molecule has 0 aromatic carbocycles. The number of hydrogen-bond donors (Lipinski definition) is 3. The Bertz CT molecular complexity index is 2430. The standard InChI is InChI=1S/C46H78N5O14PSSi2/c1-27(2)47-22-32-37(38-41(60-32)62-46(61-38)18-16-15-17-19-46)64-66(67,56-25-33-31(65-69(13,14)45(8,9)10)21-36(58-33)51-24-29(4)40(53)49-43(51)55)63-30-20-35(50-23-28(3)39(52)48-42(50)54)59-34(30)26-57-68(11,12)44(5,6)7/h23-24,27,30-38,41,47H,15-22,25-26H2,1-14H3,(H,48,52,54)(H,49,53,55)/t30-,31-,32+,33+,34+,35+,36+,37-,38+,41+,66?/m0/s1. The maximum absolute atomic E-state index is 13.4. The zero-order chi connectivity index (χ0) is 50.6. The zero-order valence-electron chi connectivity index (χ0n) is 43.0. The van der Waals surface area contributed by atoms with Gasteiger partial charge in [-0.05, 0) is 74.8 Å². The second kappa shape index (κ2) is 20.7. The normalized spacial score (nSPS) is 30.7. The van der Waals surface area contributed by atoms with Crippen LogP contribution >= 0.6 is 6.72 Å². The molecular weight excluding hydrogens is 966 g/mol. The summed E-state index contributed by atoms with van der Waals surface area (Å²) in [7, 11) is -4.82.